The van der Waals surface area contributed by atoms with E-state index in [4.69, 9.17) is 0 Å². The van der Waals surface area contributed by atoms with Crippen LogP contribution in [-0.2, 0) is 12.7 Å². The largest absolute Gasteiger partial charge is 0.416 e. The van der Waals surface area contributed by atoms with E-state index in [1.54, 1.807) is 11.0 Å². The summed E-state index contributed by atoms with van der Waals surface area (Å²) in [5.41, 5.74) is 2.02. The molecular weight excluding hydrogens is 291 g/mol. The van der Waals surface area contributed by atoms with E-state index in [0.717, 1.165) is 28.8 Å². The molecule has 0 aliphatic carbocycles. The summed E-state index contributed by atoms with van der Waals surface area (Å²) in [5.74, 6) is 0. The van der Waals surface area contributed by atoms with Gasteiger partial charge in [-0.15, -0.1) is 0 Å². The average Bonchev–Trinajstić information content (AvgIpc) is 3.00. The van der Waals surface area contributed by atoms with E-state index in [2.05, 4.69) is 10.1 Å². The number of hydrogen-bond donors (Lipinski definition) is 0. The standard InChI is InChI=1S/C16H12F3N3/c17-16(18,19)15-7-5-14(6-8-15)13-3-1-12(2-4-13)9-22-11-20-10-21-22/h1-8,10-11H,9H2. The quantitative estimate of drug-likeness (QED) is 0.732. The second-order valence-electron chi connectivity index (χ2n) is 4.87. The summed E-state index contributed by atoms with van der Waals surface area (Å²) in [5, 5.41) is 4.02. The molecule has 0 amide bonds. The maximum Gasteiger partial charge on any atom is 0.416 e. The first-order valence-corrected chi connectivity index (χ1v) is 6.61. The maximum absolute atomic E-state index is 12.5. The molecule has 6 heteroatoms. The lowest BCUT2D eigenvalue weighted by Gasteiger charge is -2.08. The Morgan fingerprint density at radius 3 is 1.95 bits per heavy atom. The molecule has 0 saturated heterocycles. The van der Waals surface area contributed by atoms with Gasteiger partial charge in [-0.25, -0.2) is 9.67 Å². The number of rotatable bonds is 3. The predicted octanol–water partition coefficient (Wildman–Crippen LogP) is 4.01. The van der Waals surface area contributed by atoms with Crippen molar-refractivity contribution in [2.75, 3.05) is 0 Å². The molecule has 0 aliphatic heterocycles. The molecule has 0 saturated carbocycles. The van der Waals surface area contributed by atoms with Crippen LogP contribution in [-0.4, -0.2) is 14.8 Å². The van der Waals surface area contributed by atoms with E-state index in [0.29, 0.717) is 6.54 Å². The molecule has 0 unspecified atom stereocenters. The molecule has 2 aromatic carbocycles. The van der Waals surface area contributed by atoms with E-state index in [1.807, 2.05) is 24.3 Å². The highest BCUT2D eigenvalue weighted by molar-refractivity contribution is 5.64. The van der Waals surface area contributed by atoms with Gasteiger partial charge in [0.1, 0.15) is 12.7 Å². The Bertz CT molecular complexity index is 730. The van der Waals surface area contributed by atoms with Crippen molar-refractivity contribution in [2.24, 2.45) is 0 Å². The Kier molecular flexibility index (Phi) is 3.66. The van der Waals surface area contributed by atoms with Crippen LogP contribution in [0.3, 0.4) is 0 Å². The predicted molar refractivity (Wildman–Crippen MR) is 76.0 cm³/mol. The van der Waals surface area contributed by atoms with Gasteiger partial charge in [0.25, 0.3) is 0 Å². The first-order chi connectivity index (χ1) is 10.5. The van der Waals surface area contributed by atoms with Crippen molar-refractivity contribution in [1.82, 2.24) is 14.8 Å². The Hall–Kier alpha value is -2.63. The summed E-state index contributed by atoms with van der Waals surface area (Å²) in [7, 11) is 0. The van der Waals surface area contributed by atoms with Gasteiger partial charge < -0.3 is 0 Å². The Morgan fingerprint density at radius 1 is 0.864 bits per heavy atom. The zero-order valence-corrected chi connectivity index (χ0v) is 11.5. The van der Waals surface area contributed by atoms with E-state index in [-0.39, 0.29) is 0 Å². The molecule has 0 aliphatic rings. The van der Waals surface area contributed by atoms with Gasteiger partial charge >= 0.3 is 6.18 Å². The van der Waals surface area contributed by atoms with Crippen molar-refractivity contribution in [3.8, 4) is 11.1 Å². The zero-order chi connectivity index (χ0) is 15.6. The van der Waals surface area contributed by atoms with Crippen molar-refractivity contribution in [3.63, 3.8) is 0 Å². The van der Waals surface area contributed by atoms with E-state index >= 15 is 0 Å². The molecular formula is C16H12F3N3. The van der Waals surface area contributed by atoms with Crippen molar-refractivity contribution in [1.29, 1.82) is 0 Å². The summed E-state index contributed by atoms with van der Waals surface area (Å²) < 4.78 is 39.3. The minimum absolute atomic E-state index is 0.604. The molecule has 3 aromatic rings. The van der Waals surface area contributed by atoms with Gasteiger partial charge in [-0.05, 0) is 28.8 Å². The van der Waals surface area contributed by atoms with Crippen LogP contribution in [0.5, 0.6) is 0 Å². The Labute approximate surface area is 125 Å². The third-order valence-electron chi connectivity index (χ3n) is 3.31. The minimum atomic E-state index is -4.31. The fourth-order valence-corrected chi connectivity index (χ4v) is 2.16. The van der Waals surface area contributed by atoms with Gasteiger partial charge in [0, 0.05) is 0 Å². The molecule has 1 heterocycles. The van der Waals surface area contributed by atoms with Gasteiger partial charge in [0.05, 0.1) is 12.1 Å². The van der Waals surface area contributed by atoms with Gasteiger partial charge in [0.2, 0.25) is 0 Å². The lowest BCUT2D eigenvalue weighted by molar-refractivity contribution is -0.137. The van der Waals surface area contributed by atoms with Crippen LogP contribution >= 0.6 is 0 Å². The molecule has 3 nitrogen and oxygen atoms in total. The summed E-state index contributed by atoms with van der Waals surface area (Å²) >= 11 is 0. The molecule has 0 radical (unpaired) electrons. The van der Waals surface area contributed by atoms with Crippen LogP contribution in [0.4, 0.5) is 13.2 Å². The van der Waals surface area contributed by atoms with Crippen LogP contribution in [0.25, 0.3) is 11.1 Å². The van der Waals surface area contributed by atoms with Crippen molar-refractivity contribution in [3.05, 3.63) is 72.3 Å². The van der Waals surface area contributed by atoms with Gasteiger partial charge in [-0.2, -0.15) is 18.3 Å². The summed E-state index contributed by atoms with van der Waals surface area (Å²) in [4.78, 5) is 3.87. The number of alkyl halides is 3. The summed E-state index contributed by atoms with van der Waals surface area (Å²) in [6.07, 6.45) is -1.21. The van der Waals surface area contributed by atoms with E-state index < -0.39 is 11.7 Å². The summed E-state index contributed by atoms with van der Waals surface area (Å²) in [6.45, 7) is 0.604. The average molecular weight is 303 g/mol. The number of halogens is 3. The fraction of sp³-hybridized carbons (Fsp3) is 0.125. The molecule has 0 bridgehead atoms. The zero-order valence-electron chi connectivity index (χ0n) is 11.5. The lowest BCUT2D eigenvalue weighted by Crippen LogP contribution is -2.04. The molecule has 0 N–H and O–H groups in total. The fourth-order valence-electron chi connectivity index (χ4n) is 2.16. The first-order valence-electron chi connectivity index (χ1n) is 6.61. The van der Waals surface area contributed by atoms with E-state index in [9.17, 15) is 13.2 Å². The number of hydrogen-bond acceptors (Lipinski definition) is 2. The first kappa shape index (κ1) is 14.3. The number of benzene rings is 2. The summed E-state index contributed by atoms with van der Waals surface area (Å²) in [6, 6.07) is 12.8. The highest BCUT2D eigenvalue weighted by Crippen LogP contribution is 2.31. The minimum Gasteiger partial charge on any atom is -0.249 e. The Morgan fingerprint density at radius 2 is 1.45 bits per heavy atom. The number of nitrogens with zero attached hydrogens (tertiary/aromatic N) is 3. The van der Waals surface area contributed by atoms with Crippen LogP contribution in [0.1, 0.15) is 11.1 Å². The second-order valence-corrected chi connectivity index (χ2v) is 4.87. The normalized spacial score (nSPS) is 11.6. The Balaban J connectivity index is 1.78. The van der Waals surface area contributed by atoms with Crippen molar-refractivity contribution < 1.29 is 13.2 Å². The van der Waals surface area contributed by atoms with Gasteiger partial charge in [-0.3, -0.25) is 0 Å². The lowest BCUT2D eigenvalue weighted by atomic mass is 10.0. The smallest absolute Gasteiger partial charge is 0.249 e. The molecule has 112 valence electrons. The monoisotopic (exact) mass is 303 g/mol. The van der Waals surface area contributed by atoms with E-state index in [1.165, 1.54) is 18.5 Å². The van der Waals surface area contributed by atoms with Crippen molar-refractivity contribution >= 4 is 0 Å². The number of aromatic nitrogens is 3. The van der Waals surface area contributed by atoms with Crippen LogP contribution in [0.15, 0.2) is 61.2 Å². The molecule has 0 spiro atoms. The van der Waals surface area contributed by atoms with Gasteiger partial charge in [-0.1, -0.05) is 36.4 Å². The van der Waals surface area contributed by atoms with Gasteiger partial charge in [0.15, 0.2) is 0 Å². The topological polar surface area (TPSA) is 30.7 Å². The third-order valence-corrected chi connectivity index (χ3v) is 3.31. The highest BCUT2D eigenvalue weighted by Gasteiger charge is 2.29. The van der Waals surface area contributed by atoms with Crippen molar-refractivity contribution in [2.45, 2.75) is 12.7 Å². The SMILES string of the molecule is FC(F)(F)c1ccc(-c2ccc(Cn3cncn3)cc2)cc1. The molecule has 22 heavy (non-hydrogen) atoms. The molecule has 3 rings (SSSR count). The third kappa shape index (κ3) is 3.16. The second kappa shape index (κ2) is 5.63. The molecule has 0 atom stereocenters. The van der Waals surface area contributed by atoms with Crippen LogP contribution < -0.4 is 0 Å². The maximum atomic E-state index is 12.5. The van der Waals surface area contributed by atoms with Crippen LogP contribution in [0.2, 0.25) is 0 Å². The molecule has 1 aromatic heterocycles. The molecule has 0 fully saturated rings. The highest BCUT2D eigenvalue weighted by atomic mass is 19.4. The van der Waals surface area contributed by atoms with Crippen LogP contribution in [0, 0.1) is 0 Å².